The molecule has 0 radical (unpaired) electrons. The number of aliphatic carboxylic acids is 3. The third kappa shape index (κ3) is 10.3. The highest BCUT2D eigenvalue weighted by Crippen LogP contribution is 2.06. The molecule has 0 rings (SSSR count). The summed E-state index contributed by atoms with van der Waals surface area (Å²) >= 11 is 0. The fourth-order valence-electron chi connectivity index (χ4n) is 2.40. The van der Waals surface area contributed by atoms with Crippen LogP contribution in [0.2, 0.25) is 0 Å². The lowest BCUT2D eigenvalue weighted by atomic mass is 10.0. The molecule has 0 heterocycles. The zero-order valence-corrected chi connectivity index (χ0v) is 17.4. The molecule has 15 nitrogen and oxygen atoms in total. The smallest absolute Gasteiger partial charge is 0.326 e. The number of carboxylic acid groups (broad SMARTS) is 3. The first-order chi connectivity index (χ1) is 14.6. The number of nitrogens with two attached hydrogens (primary N) is 2. The van der Waals surface area contributed by atoms with Crippen molar-refractivity contribution in [3.8, 4) is 0 Å². The Labute approximate surface area is 181 Å². The lowest BCUT2D eigenvalue weighted by Gasteiger charge is -2.26. The molecule has 4 unspecified atom stereocenters. The Kier molecular flexibility index (Phi) is 11.3. The Hall–Kier alpha value is -3.75. The molecule has 0 aliphatic carbocycles. The van der Waals surface area contributed by atoms with Crippen LogP contribution in [0.25, 0.3) is 0 Å². The number of rotatable bonds is 14. The molecule has 0 aromatic carbocycles. The van der Waals surface area contributed by atoms with Gasteiger partial charge in [-0.3, -0.25) is 28.8 Å². The molecule has 0 spiro atoms. The van der Waals surface area contributed by atoms with Crippen LogP contribution < -0.4 is 27.4 Å². The van der Waals surface area contributed by atoms with Crippen LogP contribution in [0.3, 0.4) is 0 Å². The average molecular weight is 461 g/mol. The standard InChI is InChI=1S/C17H27N5O10/c1-6(2)13(16(30)21-9(17(31)32)4-10(19)23)22-15(29)8(5-12(26)27)20-14(28)7(18)3-11(24)25/h6-9,13H,3-5,18H2,1-2H3,(H2,19,23)(H,20,28)(H,21,30)(H,22,29)(H,24,25)(H,26,27)(H,31,32). The second-order valence-corrected chi connectivity index (χ2v) is 7.16. The SMILES string of the molecule is CC(C)C(NC(=O)C(CC(=O)O)NC(=O)C(N)CC(=O)O)C(=O)NC(CC(N)=O)C(=O)O. The van der Waals surface area contributed by atoms with Gasteiger partial charge in [0.15, 0.2) is 0 Å². The van der Waals surface area contributed by atoms with Crippen LogP contribution in [0, 0.1) is 5.92 Å². The van der Waals surface area contributed by atoms with Crippen LogP contribution in [-0.4, -0.2) is 81.0 Å². The van der Waals surface area contributed by atoms with E-state index in [-0.39, 0.29) is 0 Å². The van der Waals surface area contributed by atoms with Gasteiger partial charge in [-0.25, -0.2) is 4.79 Å². The summed E-state index contributed by atoms with van der Waals surface area (Å²) in [6.07, 6.45) is -2.40. The van der Waals surface area contributed by atoms with E-state index in [0.29, 0.717) is 0 Å². The summed E-state index contributed by atoms with van der Waals surface area (Å²) in [6, 6.07) is -6.32. The van der Waals surface area contributed by atoms with Gasteiger partial charge in [0.25, 0.3) is 0 Å². The number of nitrogens with one attached hydrogen (secondary N) is 3. The van der Waals surface area contributed by atoms with Crippen molar-refractivity contribution in [3.05, 3.63) is 0 Å². The maximum absolute atomic E-state index is 12.6. The molecule has 0 aromatic rings. The number of hydrogen-bond donors (Lipinski definition) is 8. The minimum atomic E-state index is -1.71. The van der Waals surface area contributed by atoms with Crippen molar-refractivity contribution < 1.29 is 48.9 Å². The molecular weight excluding hydrogens is 434 g/mol. The van der Waals surface area contributed by atoms with Crippen molar-refractivity contribution in [1.82, 2.24) is 16.0 Å². The van der Waals surface area contributed by atoms with Gasteiger partial charge >= 0.3 is 17.9 Å². The van der Waals surface area contributed by atoms with E-state index in [1.165, 1.54) is 13.8 Å². The van der Waals surface area contributed by atoms with Gasteiger partial charge in [-0.05, 0) is 5.92 Å². The summed E-state index contributed by atoms with van der Waals surface area (Å²) in [7, 11) is 0. The second-order valence-electron chi connectivity index (χ2n) is 7.16. The number of carboxylic acids is 3. The lowest BCUT2D eigenvalue weighted by molar-refractivity contribution is -0.144. The van der Waals surface area contributed by atoms with E-state index in [9.17, 15) is 33.6 Å². The van der Waals surface area contributed by atoms with Crippen LogP contribution in [0.5, 0.6) is 0 Å². The van der Waals surface area contributed by atoms with Crippen molar-refractivity contribution in [1.29, 1.82) is 0 Å². The molecule has 0 saturated carbocycles. The van der Waals surface area contributed by atoms with Gasteiger partial charge in [0.2, 0.25) is 23.6 Å². The fourth-order valence-corrected chi connectivity index (χ4v) is 2.40. The Morgan fingerprint density at radius 2 is 1.22 bits per heavy atom. The van der Waals surface area contributed by atoms with Crippen LogP contribution >= 0.6 is 0 Å². The van der Waals surface area contributed by atoms with Crippen LogP contribution in [0.15, 0.2) is 0 Å². The first kappa shape index (κ1) is 28.2. The van der Waals surface area contributed by atoms with Crippen molar-refractivity contribution in [2.75, 3.05) is 0 Å². The first-order valence-electron chi connectivity index (χ1n) is 9.27. The molecule has 10 N–H and O–H groups in total. The molecule has 4 amide bonds. The maximum Gasteiger partial charge on any atom is 0.326 e. The number of carbonyl (C=O) groups excluding carboxylic acids is 4. The lowest BCUT2D eigenvalue weighted by Crippen LogP contribution is -2.59. The Balaban J connectivity index is 5.47. The van der Waals surface area contributed by atoms with E-state index in [2.05, 4.69) is 10.6 Å². The average Bonchev–Trinajstić information content (AvgIpc) is 2.62. The molecule has 0 fully saturated rings. The molecule has 15 heteroatoms. The zero-order chi connectivity index (χ0) is 25.2. The Bertz CT molecular complexity index is 769. The summed E-state index contributed by atoms with van der Waals surface area (Å²) in [4.78, 5) is 81.0. The third-order valence-corrected chi connectivity index (χ3v) is 4.01. The quantitative estimate of drug-likeness (QED) is 0.125. The van der Waals surface area contributed by atoms with E-state index >= 15 is 0 Å². The molecule has 0 aliphatic rings. The van der Waals surface area contributed by atoms with E-state index in [0.717, 1.165) is 0 Å². The molecule has 0 bridgehead atoms. The molecule has 0 saturated heterocycles. The minimum absolute atomic E-state index is 0.627. The van der Waals surface area contributed by atoms with Gasteiger partial charge in [-0.1, -0.05) is 13.8 Å². The van der Waals surface area contributed by atoms with E-state index < -0.39 is 90.9 Å². The topological polar surface area (TPSA) is 268 Å². The maximum atomic E-state index is 12.6. The third-order valence-electron chi connectivity index (χ3n) is 4.01. The van der Waals surface area contributed by atoms with E-state index in [1.54, 1.807) is 0 Å². The monoisotopic (exact) mass is 461 g/mol. The predicted octanol–water partition coefficient (Wildman–Crippen LogP) is -3.67. The normalized spacial score (nSPS) is 14.4. The van der Waals surface area contributed by atoms with Crippen LogP contribution in [0.4, 0.5) is 0 Å². The number of carbonyl (C=O) groups is 7. The highest BCUT2D eigenvalue weighted by molar-refractivity contribution is 5.96. The molecule has 0 aromatic heterocycles. The first-order valence-corrected chi connectivity index (χ1v) is 9.27. The highest BCUT2D eigenvalue weighted by atomic mass is 16.4. The van der Waals surface area contributed by atoms with Crippen LogP contribution in [-0.2, 0) is 33.6 Å². The minimum Gasteiger partial charge on any atom is -0.481 e. The van der Waals surface area contributed by atoms with Gasteiger partial charge in [-0.15, -0.1) is 0 Å². The van der Waals surface area contributed by atoms with Crippen molar-refractivity contribution in [2.45, 2.75) is 57.3 Å². The van der Waals surface area contributed by atoms with Crippen molar-refractivity contribution in [3.63, 3.8) is 0 Å². The Morgan fingerprint density at radius 1 is 0.719 bits per heavy atom. The Morgan fingerprint density at radius 3 is 1.62 bits per heavy atom. The highest BCUT2D eigenvalue weighted by Gasteiger charge is 2.33. The molecule has 0 aliphatic heterocycles. The van der Waals surface area contributed by atoms with Crippen molar-refractivity contribution in [2.24, 2.45) is 17.4 Å². The summed E-state index contributed by atoms with van der Waals surface area (Å²) in [5, 5.41) is 33.1. The van der Waals surface area contributed by atoms with E-state index in [4.69, 9.17) is 26.8 Å². The van der Waals surface area contributed by atoms with E-state index in [1.807, 2.05) is 5.32 Å². The fraction of sp³-hybridized carbons (Fsp3) is 0.588. The van der Waals surface area contributed by atoms with Crippen molar-refractivity contribution >= 4 is 41.5 Å². The summed E-state index contributed by atoms with van der Waals surface area (Å²) in [5.41, 5.74) is 10.3. The summed E-state index contributed by atoms with van der Waals surface area (Å²) < 4.78 is 0. The summed E-state index contributed by atoms with van der Waals surface area (Å²) in [6.45, 7) is 2.98. The molecule has 32 heavy (non-hydrogen) atoms. The molecular formula is C17H27N5O10. The zero-order valence-electron chi connectivity index (χ0n) is 17.4. The number of amides is 4. The number of hydrogen-bond acceptors (Lipinski definition) is 8. The largest absolute Gasteiger partial charge is 0.481 e. The molecule has 180 valence electrons. The second kappa shape index (κ2) is 12.8. The van der Waals surface area contributed by atoms with Gasteiger partial charge < -0.3 is 42.7 Å². The van der Waals surface area contributed by atoms with Crippen LogP contribution in [0.1, 0.15) is 33.1 Å². The number of primary amides is 1. The summed E-state index contributed by atoms with van der Waals surface area (Å²) in [5.74, 6) is -9.27. The van der Waals surface area contributed by atoms with Gasteiger partial charge in [0.05, 0.1) is 25.3 Å². The van der Waals surface area contributed by atoms with Gasteiger partial charge in [-0.2, -0.15) is 0 Å². The van der Waals surface area contributed by atoms with Gasteiger partial charge in [0.1, 0.15) is 18.1 Å². The predicted molar refractivity (Wildman–Crippen MR) is 105 cm³/mol. The van der Waals surface area contributed by atoms with Gasteiger partial charge in [0, 0.05) is 0 Å². The molecule has 4 atom stereocenters.